The molecule has 4 aromatic rings. The Morgan fingerprint density at radius 1 is 1.12 bits per heavy atom. The van der Waals surface area contributed by atoms with Gasteiger partial charge in [0.15, 0.2) is 5.65 Å². The van der Waals surface area contributed by atoms with Gasteiger partial charge in [0.05, 0.1) is 18.4 Å². The number of benzene rings is 1. The Morgan fingerprint density at radius 2 is 1.97 bits per heavy atom. The number of carbonyl (C=O) groups is 1. The number of nitrogens with zero attached hydrogens (tertiary/aromatic N) is 5. The van der Waals surface area contributed by atoms with E-state index in [-0.39, 0.29) is 11.9 Å². The van der Waals surface area contributed by atoms with Crippen LogP contribution in [0.2, 0.25) is 0 Å². The highest BCUT2D eigenvalue weighted by atomic mass is 16.1. The minimum atomic E-state index is -0.0808. The highest BCUT2D eigenvalue weighted by molar-refractivity contribution is 5.96. The van der Waals surface area contributed by atoms with Gasteiger partial charge in [-0.25, -0.2) is 15.0 Å². The van der Waals surface area contributed by atoms with Crippen LogP contribution in [0.4, 0.5) is 0 Å². The first-order chi connectivity index (χ1) is 15.7. The van der Waals surface area contributed by atoms with Crippen molar-refractivity contribution in [2.75, 3.05) is 13.1 Å². The maximum absolute atomic E-state index is 12.8. The van der Waals surface area contributed by atoms with Gasteiger partial charge < -0.3 is 14.9 Å². The average molecular weight is 430 g/mol. The Kier molecular flexibility index (Phi) is 5.93. The molecule has 1 aliphatic heterocycles. The first kappa shape index (κ1) is 20.4. The molecule has 0 bridgehead atoms. The van der Waals surface area contributed by atoms with E-state index in [1.807, 2.05) is 35.0 Å². The summed E-state index contributed by atoms with van der Waals surface area (Å²) in [6, 6.07) is 12.4. The standard InChI is InChI=1S/C24H27N7O/c32-24(29-20-7-11-30(12-8-20)16-22-25-9-10-26-22)19-14-21-23(27-15-19)31(17-28-21)13-6-18-4-2-1-3-5-18/h1-5,9-10,14-15,17,20H,6-8,11-13,16H2,(H,25,26)(H,29,32). The number of aromatic nitrogens is 5. The Morgan fingerprint density at radius 3 is 2.75 bits per heavy atom. The van der Waals surface area contributed by atoms with Crippen molar-refractivity contribution in [3.63, 3.8) is 0 Å². The van der Waals surface area contributed by atoms with Crippen LogP contribution < -0.4 is 5.32 Å². The molecule has 1 aromatic carbocycles. The van der Waals surface area contributed by atoms with Gasteiger partial charge >= 0.3 is 0 Å². The number of piperidine rings is 1. The number of aromatic amines is 1. The summed E-state index contributed by atoms with van der Waals surface area (Å²) in [6.45, 7) is 3.50. The smallest absolute Gasteiger partial charge is 0.253 e. The molecule has 1 saturated heterocycles. The molecule has 2 N–H and O–H groups in total. The number of pyridine rings is 1. The summed E-state index contributed by atoms with van der Waals surface area (Å²) in [6.07, 6.45) is 9.85. The number of nitrogens with one attached hydrogen (secondary N) is 2. The van der Waals surface area contributed by atoms with Gasteiger partial charge in [0.2, 0.25) is 0 Å². The maximum Gasteiger partial charge on any atom is 0.253 e. The second kappa shape index (κ2) is 9.32. The van der Waals surface area contributed by atoms with Gasteiger partial charge in [0.25, 0.3) is 5.91 Å². The third-order valence-corrected chi connectivity index (χ3v) is 6.05. The fourth-order valence-electron chi connectivity index (χ4n) is 4.23. The molecule has 0 atom stereocenters. The number of hydrogen-bond donors (Lipinski definition) is 2. The molecule has 8 nitrogen and oxygen atoms in total. The second-order valence-electron chi connectivity index (χ2n) is 8.30. The minimum absolute atomic E-state index is 0.0808. The van der Waals surface area contributed by atoms with E-state index in [4.69, 9.17) is 0 Å². The Balaban J connectivity index is 1.16. The SMILES string of the molecule is O=C(NC1CCN(Cc2ncc[nH]2)CC1)c1cnc2c(c1)ncn2CCc1ccccc1. The number of likely N-dealkylation sites (tertiary alicyclic amines) is 1. The van der Waals surface area contributed by atoms with E-state index in [1.165, 1.54) is 5.56 Å². The van der Waals surface area contributed by atoms with Gasteiger partial charge in [-0.3, -0.25) is 9.69 Å². The van der Waals surface area contributed by atoms with Crippen LogP contribution in [-0.2, 0) is 19.5 Å². The van der Waals surface area contributed by atoms with Crippen molar-refractivity contribution in [1.82, 2.24) is 34.7 Å². The van der Waals surface area contributed by atoms with Crippen LogP contribution >= 0.6 is 0 Å². The van der Waals surface area contributed by atoms with Gasteiger partial charge in [0, 0.05) is 44.3 Å². The lowest BCUT2D eigenvalue weighted by Crippen LogP contribution is -2.44. The molecule has 0 saturated carbocycles. The fraction of sp³-hybridized carbons (Fsp3) is 0.333. The number of H-pyrrole nitrogens is 1. The van der Waals surface area contributed by atoms with Crippen LogP contribution in [-0.4, -0.2) is 54.4 Å². The van der Waals surface area contributed by atoms with Crippen LogP contribution in [0.5, 0.6) is 0 Å². The molecule has 1 amide bonds. The lowest BCUT2D eigenvalue weighted by atomic mass is 10.0. The molecule has 5 rings (SSSR count). The van der Waals surface area contributed by atoms with E-state index >= 15 is 0 Å². The Hall–Kier alpha value is -3.52. The fourth-order valence-corrected chi connectivity index (χ4v) is 4.23. The predicted molar refractivity (Wildman–Crippen MR) is 122 cm³/mol. The van der Waals surface area contributed by atoms with E-state index in [1.54, 1.807) is 18.7 Å². The third-order valence-electron chi connectivity index (χ3n) is 6.05. The van der Waals surface area contributed by atoms with Crippen LogP contribution in [0.25, 0.3) is 11.2 Å². The number of rotatable bonds is 7. The zero-order valence-electron chi connectivity index (χ0n) is 17.9. The van der Waals surface area contributed by atoms with E-state index in [2.05, 4.69) is 42.3 Å². The number of imidazole rings is 2. The number of carbonyl (C=O) groups excluding carboxylic acids is 1. The quantitative estimate of drug-likeness (QED) is 0.471. The van der Waals surface area contributed by atoms with Crippen LogP contribution in [0.15, 0.2) is 61.3 Å². The summed E-state index contributed by atoms with van der Waals surface area (Å²) in [7, 11) is 0. The van der Waals surface area contributed by atoms with Crippen LogP contribution in [0.3, 0.4) is 0 Å². The molecule has 32 heavy (non-hydrogen) atoms. The molecule has 8 heteroatoms. The van der Waals surface area contributed by atoms with Gasteiger partial charge in [-0.15, -0.1) is 0 Å². The summed E-state index contributed by atoms with van der Waals surface area (Å²) in [5, 5.41) is 3.17. The van der Waals surface area contributed by atoms with E-state index in [0.717, 1.165) is 62.4 Å². The summed E-state index contributed by atoms with van der Waals surface area (Å²) in [5.74, 6) is 0.901. The highest BCUT2D eigenvalue weighted by Crippen LogP contribution is 2.16. The zero-order chi connectivity index (χ0) is 21.8. The summed E-state index contributed by atoms with van der Waals surface area (Å²) < 4.78 is 2.04. The minimum Gasteiger partial charge on any atom is -0.349 e. The maximum atomic E-state index is 12.8. The van der Waals surface area contributed by atoms with Gasteiger partial charge in [-0.2, -0.15) is 0 Å². The molecule has 0 radical (unpaired) electrons. The lowest BCUT2D eigenvalue weighted by molar-refractivity contribution is 0.0908. The van der Waals surface area contributed by atoms with Crippen LogP contribution in [0.1, 0.15) is 34.6 Å². The third kappa shape index (κ3) is 4.70. The van der Waals surface area contributed by atoms with E-state index in [9.17, 15) is 4.79 Å². The second-order valence-corrected chi connectivity index (χ2v) is 8.30. The first-order valence-electron chi connectivity index (χ1n) is 11.1. The first-order valence-corrected chi connectivity index (χ1v) is 11.1. The van der Waals surface area contributed by atoms with Crippen molar-refractivity contribution < 1.29 is 4.79 Å². The molecule has 4 heterocycles. The average Bonchev–Trinajstić information content (AvgIpc) is 3.49. The summed E-state index contributed by atoms with van der Waals surface area (Å²) >= 11 is 0. The lowest BCUT2D eigenvalue weighted by Gasteiger charge is -2.31. The zero-order valence-corrected chi connectivity index (χ0v) is 17.9. The Labute approximate surface area is 186 Å². The monoisotopic (exact) mass is 429 g/mol. The number of hydrogen-bond acceptors (Lipinski definition) is 5. The van der Waals surface area contributed by atoms with Crippen molar-refractivity contribution >= 4 is 17.1 Å². The molecule has 1 fully saturated rings. The summed E-state index contributed by atoms with van der Waals surface area (Å²) in [4.78, 5) is 31.6. The highest BCUT2D eigenvalue weighted by Gasteiger charge is 2.22. The van der Waals surface area contributed by atoms with Crippen molar-refractivity contribution in [1.29, 1.82) is 0 Å². The van der Waals surface area contributed by atoms with Crippen molar-refractivity contribution in [2.24, 2.45) is 0 Å². The van der Waals surface area contributed by atoms with Gasteiger partial charge in [-0.1, -0.05) is 30.3 Å². The molecule has 164 valence electrons. The van der Waals surface area contributed by atoms with Gasteiger partial charge in [0.1, 0.15) is 11.3 Å². The molecule has 1 aliphatic rings. The number of fused-ring (bicyclic) bond motifs is 1. The number of amides is 1. The number of aryl methyl sites for hydroxylation is 2. The largest absolute Gasteiger partial charge is 0.349 e. The van der Waals surface area contributed by atoms with Crippen LogP contribution in [0, 0.1) is 0 Å². The molecular weight excluding hydrogens is 402 g/mol. The van der Waals surface area contributed by atoms with E-state index < -0.39 is 0 Å². The molecule has 0 aliphatic carbocycles. The molecular formula is C24H27N7O. The molecule has 0 unspecified atom stereocenters. The van der Waals surface area contributed by atoms with E-state index in [0.29, 0.717) is 5.56 Å². The molecule has 0 spiro atoms. The predicted octanol–water partition coefficient (Wildman–Crippen LogP) is 2.79. The van der Waals surface area contributed by atoms with Crippen molar-refractivity contribution in [3.8, 4) is 0 Å². The topological polar surface area (TPSA) is 91.7 Å². The summed E-state index contributed by atoms with van der Waals surface area (Å²) in [5.41, 5.74) is 3.40. The molecule has 3 aromatic heterocycles. The normalized spacial score (nSPS) is 15.2. The van der Waals surface area contributed by atoms with Crippen molar-refractivity contribution in [2.45, 2.75) is 38.4 Å². The Bertz CT molecular complexity index is 1160. The van der Waals surface area contributed by atoms with Gasteiger partial charge in [-0.05, 0) is 30.9 Å². The van der Waals surface area contributed by atoms with Crippen molar-refractivity contribution in [3.05, 3.63) is 78.3 Å².